The van der Waals surface area contributed by atoms with Crippen molar-refractivity contribution in [2.45, 2.75) is 26.4 Å². The minimum atomic E-state index is 0.0399. The van der Waals surface area contributed by atoms with Crippen LogP contribution in [-0.4, -0.2) is 9.13 Å². The highest BCUT2D eigenvalue weighted by atomic mass is 16.3. The third kappa shape index (κ3) is 2.03. The normalized spacial score (nSPS) is 10.7. The summed E-state index contributed by atoms with van der Waals surface area (Å²) in [6.07, 6.45) is 7.87. The highest BCUT2D eigenvalue weighted by molar-refractivity contribution is 5.06. The molecular weight excluding hydrogens is 192 g/mol. The van der Waals surface area contributed by atoms with Gasteiger partial charge in [-0.3, -0.25) is 9.13 Å². The molecule has 15 heavy (non-hydrogen) atoms. The molecule has 0 saturated carbocycles. The van der Waals surface area contributed by atoms with E-state index in [-0.39, 0.29) is 5.69 Å². The van der Waals surface area contributed by atoms with Crippen LogP contribution in [-0.2, 0) is 13.1 Å². The van der Waals surface area contributed by atoms with Crippen molar-refractivity contribution in [3.8, 4) is 0 Å². The van der Waals surface area contributed by atoms with Crippen molar-refractivity contribution >= 4 is 0 Å². The molecule has 0 aliphatic heterocycles. The highest BCUT2D eigenvalue weighted by Gasteiger charge is 2.03. The summed E-state index contributed by atoms with van der Waals surface area (Å²) in [4.78, 5) is 11.8. The average Bonchev–Trinajstić information content (AvgIpc) is 2.83. The molecular formula is C11H14N2O2. The van der Waals surface area contributed by atoms with E-state index in [0.717, 1.165) is 18.5 Å². The van der Waals surface area contributed by atoms with Crippen LogP contribution in [0.1, 0.15) is 18.9 Å². The first-order chi connectivity index (χ1) is 7.31. The average molecular weight is 206 g/mol. The molecule has 2 heterocycles. The molecule has 0 saturated heterocycles. The molecule has 80 valence electrons. The van der Waals surface area contributed by atoms with E-state index in [1.54, 1.807) is 21.7 Å². The zero-order valence-electron chi connectivity index (χ0n) is 8.72. The number of hydrogen-bond acceptors (Lipinski definition) is 2. The number of imidazole rings is 1. The number of nitrogens with zero attached hydrogens (tertiary/aromatic N) is 2. The Balaban J connectivity index is 2.19. The zero-order valence-corrected chi connectivity index (χ0v) is 8.72. The van der Waals surface area contributed by atoms with Crippen LogP contribution in [0.4, 0.5) is 0 Å². The molecule has 0 aliphatic rings. The number of furan rings is 1. The second kappa shape index (κ2) is 4.21. The Labute approximate surface area is 87.8 Å². The largest absolute Gasteiger partial charge is 0.472 e. The number of hydrogen-bond donors (Lipinski definition) is 0. The Morgan fingerprint density at radius 2 is 2.13 bits per heavy atom. The van der Waals surface area contributed by atoms with Gasteiger partial charge in [-0.25, -0.2) is 4.79 Å². The standard InChI is InChI=1S/C11H14N2O2/c1-2-4-12-5-6-13(11(12)14)8-10-3-7-15-9-10/h3,5-7,9H,2,4,8H2,1H3. The summed E-state index contributed by atoms with van der Waals surface area (Å²) in [5.74, 6) is 0. The first-order valence-electron chi connectivity index (χ1n) is 5.08. The SMILES string of the molecule is CCCn1ccn(Cc2ccoc2)c1=O. The molecule has 0 aliphatic carbocycles. The lowest BCUT2D eigenvalue weighted by molar-refractivity contribution is 0.560. The van der Waals surface area contributed by atoms with E-state index in [4.69, 9.17) is 4.42 Å². The first kappa shape index (κ1) is 9.83. The van der Waals surface area contributed by atoms with Crippen molar-refractivity contribution in [3.05, 3.63) is 47.0 Å². The summed E-state index contributed by atoms with van der Waals surface area (Å²) in [7, 11) is 0. The second-order valence-electron chi connectivity index (χ2n) is 3.53. The Morgan fingerprint density at radius 1 is 1.33 bits per heavy atom. The van der Waals surface area contributed by atoms with Crippen molar-refractivity contribution in [2.75, 3.05) is 0 Å². The summed E-state index contributed by atoms with van der Waals surface area (Å²) >= 11 is 0. The monoisotopic (exact) mass is 206 g/mol. The predicted molar refractivity (Wildman–Crippen MR) is 56.8 cm³/mol. The maximum atomic E-state index is 11.8. The molecule has 0 radical (unpaired) electrons. The van der Waals surface area contributed by atoms with E-state index < -0.39 is 0 Å². The van der Waals surface area contributed by atoms with Crippen molar-refractivity contribution in [1.29, 1.82) is 0 Å². The fourth-order valence-electron chi connectivity index (χ4n) is 1.56. The fraction of sp³-hybridized carbons (Fsp3) is 0.364. The Kier molecular flexibility index (Phi) is 2.76. The number of aromatic nitrogens is 2. The molecule has 0 N–H and O–H groups in total. The van der Waals surface area contributed by atoms with Gasteiger partial charge < -0.3 is 4.42 Å². The third-order valence-corrected chi connectivity index (χ3v) is 2.32. The van der Waals surface area contributed by atoms with E-state index in [1.807, 2.05) is 18.5 Å². The molecule has 4 heteroatoms. The topological polar surface area (TPSA) is 40.1 Å². The van der Waals surface area contributed by atoms with Gasteiger partial charge in [-0.05, 0) is 12.5 Å². The molecule has 0 atom stereocenters. The first-order valence-corrected chi connectivity index (χ1v) is 5.08. The third-order valence-electron chi connectivity index (χ3n) is 2.32. The van der Waals surface area contributed by atoms with Crippen LogP contribution in [0.25, 0.3) is 0 Å². The van der Waals surface area contributed by atoms with Crippen molar-refractivity contribution in [1.82, 2.24) is 9.13 Å². The lowest BCUT2D eigenvalue weighted by Gasteiger charge is -1.98. The van der Waals surface area contributed by atoms with E-state index >= 15 is 0 Å². The van der Waals surface area contributed by atoms with Gasteiger partial charge in [0, 0.05) is 24.5 Å². The number of aryl methyl sites for hydroxylation is 1. The van der Waals surface area contributed by atoms with Crippen molar-refractivity contribution in [2.24, 2.45) is 0 Å². The molecule has 0 bridgehead atoms. The van der Waals surface area contributed by atoms with E-state index in [1.165, 1.54) is 0 Å². The molecule has 2 aromatic heterocycles. The van der Waals surface area contributed by atoms with Gasteiger partial charge >= 0.3 is 5.69 Å². The lowest BCUT2D eigenvalue weighted by Crippen LogP contribution is -2.24. The molecule has 0 aromatic carbocycles. The summed E-state index contributed by atoms with van der Waals surface area (Å²) in [5.41, 5.74) is 1.05. The van der Waals surface area contributed by atoms with E-state index in [9.17, 15) is 4.79 Å². The number of rotatable bonds is 4. The molecule has 2 rings (SSSR count). The quantitative estimate of drug-likeness (QED) is 0.763. The second-order valence-corrected chi connectivity index (χ2v) is 3.53. The van der Waals surface area contributed by atoms with Crippen LogP contribution < -0.4 is 5.69 Å². The van der Waals surface area contributed by atoms with Gasteiger partial charge in [0.05, 0.1) is 19.1 Å². The highest BCUT2D eigenvalue weighted by Crippen LogP contribution is 2.01. The van der Waals surface area contributed by atoms with E-state index in [2.05, 4.69) is 6.92 Å². The summed E-state index contributed by atoms with van der Waals surface area (Å²) in [6.45, 7) is 3.41. The van der Waals surface area contributed by atoms with Gasteiger partial charge in [0.2, 0.25) is 0 Å². The van der Waals surface area contributed by atoms with Gasteiger partial charge in [-0.15, -0.1) is 0 Å². The molecule has 0 spiro atoms. The van der Waals surface area contributed by atoms with Crippen molar-refractivity contribution < 1.29 is 4.42 Å². The maximum absolute atomic E-state index is 11.8. The molecule has 0 amide bonds. The van der Waals surface area contributed by atoms with Gasteiger partial charge in [-0.2, -0.15) is 0 Å². The molecule has 2 aromatic rings. The van der Waals surface area contributed by atoms with Gasteiger partial charge in [0.25, 0.3) is 0 Å². The van der Waals surface area contributed by atoms with Gasteiger partial charge in [0.15, 0.2) is 0 Å². The maximum Gasteiger partial charge on any atom is 0.328 e. The van der Waals surface area contributed by atoms with Crippen LogP contribution in [0.3, 0.4) is 0 Å². The summed E-state index contributed by atoms with van der Waals surface area (Å²) in [6, 6.07) is 1.86. The van der Waals surface area contributed by atoms with Crippen LogP contribution in [0.5, 0.6) is 0 Å². The van der Waals surface area contributed by atoms with Gasteiger partial charge in [0.1, 0.15) is 0 Å². The lowest BCUT2D eigenvalue weighted by atomic mass is 10.3. The Hall–Kier alpha value is -1.71. The smallest absolute Gasteiger partial charge is 0.328 e. The molecule has 4 nitrogen and oxygen atoms in total. The van der Waals surface area contributed by atoms with Crippen LogP contribution in [0, 0.1) is 0 Å². The molecule has 0 unspecified atom stereocenters. The minimum Gasteiger partial charge on any atom is -0.472 e. The van der Waals surface area contributed by atoms with Crippen LogP contribution >= 0.6 is 0 Å². The summed E-state index contributed by atoms with van der Waals surface area (Å²) in [5, 5.41) is 0. The zero-order chi connectivity index (χ0) is 10.7. The fourth-order valence-corrected chi connectivity index (χ4v) is 1.56. The van der Waals surface area contributed by atoms with Crippen LogP contribution in [0.2, 0.25) is 0 Å². The van der Waals surface area contributed by atoms with E-state index in [0.29, 0.717) is 6.54 Å². The Bertz CT molecular complexity index is 465. The predicted octanol–water partition coefficient (Wildman–Crippen LogP) is 1.70. The minimum absolute atomic E-state index is 0.0399. The van der Waals surface area contributed by atoms with Gasteiger partial charge in [-0.1, -0.05) is 6.92 Å². The molecule has 0 fully saturated rings. The van der Waals surface area contributed by atoms with Crippen molar-refractivity contribution in [3.63, 3.8) is 0 Å². The summed E-state index contributed by atoms with van der Waals surface area (Å²) < 4.78 is 8.36. The Morgan fingerprint density at radius 3 is 2.80 bits per heavy atom. The van der Waals surface area contributed by atoms with Crippen LogP contribution in [0.15, 0.2) is 40.2 Å².